The minimum Gasteiger partial charge on any atom is -0.350 e. The van der Waals surface area contributed by atoms with Gasteiger partial charge < -0.3 is 5.73 Å². The molecule has 3 N–H and O–H groups in total. The van der Waals surface area contributed by atoms with Crippen molar-refractivity contribution >= 4 is 11.7 Å². The third kappa shape index (κ3) is 1.21. The molecule has 0 aromatic rings. The Morgan fingerprint density at radius 1 is 1.71 bits per heavy atom. The molecule has 4 nitrogen and oxygen atoms in total. The predicted octanol–water partition coefficient (Wildman–Crippen LogP) is 1.47. The van der Waals surface area contributed by atoms with Crippen LogP contribution in [-0.2, 0) is 0 Å². The standard InChI is InChI=1S/C10H17N3O/c1-6-7-3-4-10(6,2)8(5-7)12-13-9(11)14/h6-7H,3-5H2,1-2H3,(H3,11,13,14)/b12-8-/t6-,7-,10-/m0/s1. The first-order valence-electron chi connectivity index (χ1n) is 5.16. The molecule has 0 aromatic heterocycles. The molecule has 0 saturated heterocycles. The quantitative estimate of drug-likeness (QED) is 0.611. The number of nitrogens with zero attached hydrogens (tertiary/aromatic N) is 1. The second kappa shape index (κ2) is 2.97. The fourth-order valence-corrected chi connectivity index (χ4v) is 2.95. The largest absolute Gasteiger partial charge is 0.350 e. The lowest BCUT2D eigenvalue weighted by Crippen LogP contribution is -2.31. The molecule has 78 valence electrons. The third-order valence-electron chi connectivity index (χ3n) is 4.16. The fourth-order valence-electron chi connectivity index (χ4n) is 2.95. The van der Waals surface area contributed by atoms with E-state index < -0.39 is 6.03 Å². The van der Waals surface area contributed by atoms with Gasteiger partial charge in [0.05, 0.1) is 0 Å². The normalized spacial score (nSPS) is 43.1. The third-order valence-corrected chi connectivity index (χ3v) is 4.16. The van der Waals surface area contributed by atoms with Crippen LogP contribution >= 0.6 is 0 Å². The Morgan fingerprint density at radius 2 is 2.43 bits per heavy atom. The van der Waals surface area contributed by atoms with Gasteiger partial charge >= 0.3 is 6.03 Å². The number of hydrogen-bond donors (Lipinski definition) is 2. The van der Waals surface area contributed by atoms with Crippen LogP contribution in [0.25, 0.3) is 0 Å². The highest BCUT2D eigenvalue weighted by Crippen LogP contribution is 2.55. The summed E-state index contributed by atoms with van der Waals surface area (Å²) in [5.74, 6) is 1.45. The van der Waals surface area contributed by atoms with Crippen molar-refractivity contribution in [2.45, 2.75) is 33.1 Å². The van der Waals surface area contributed by atoms with Crippen LogP contribution in [0.1, 0.15) is 33.1 Å². The van der Waals surface area contributed by atoms with Gasteiger partial charge in [-0.1, -0.05) is 13.8 Å². The minimum absolute atomic E-state index is 0.202. The molecule has 4 heteroatoms. The van der Waals surface area contributed by atoms with E-state index in [1.54, 1.807) is 0 Å². The number of fused-ring (bicyclic) bond motifs is 2. The van der Waals surface area contributed by atoms with Gasteiger partial charge in [-0.2, -0.15) is 5.10 Å². The Hall–Kier alpha value is -1.06. The van der Waals surface area contributed by atoms with Crippen LogP contribution in [0.2, 0.25) is 0 Å². The van der Waals surface area contributed by atoms with E-state index in [4.69, 9.17) is 5.73 Å². The molecule has 2 aliphatic rings. The topological polar surface area (TPSA) is 67.5 Å². The molecule has 0 aliphatic heterocycles. The fraction of sp³-hybridized carbons (Fsp3) is 0.800. The lowest BCUT2D eigenvalue weighted by molar-refractivity contribution is 0.249. The number of carbonyl (C=O) groups is 1. The molecule has 0 spiro atoms. The lowest BCUT2D eigenvalue weighted by atomic mass is 9.80. The SMILES string of the molecule is C[C@H]1[C@H]2CC[C@]1(C)/C(=N\NC(N)=O)C2. The molecular weight excluding hydrogens is 178 g/mol. The first-order valence-corrected chi connectivity index (χ1v) is 5.16. The molecule has 2 bridgehead atoms. The van der Waals surface area contributed by atoms with E-state index >= 15 is 0 Å². The first kappa shape index (κ1) is 9.49. The van der Waals surface area contributed by atoms with Crippen LogP contribution < -0.4 is 11.2 Å². The van der Waals surface area contributed by atoms with E-state index in [0.717, 1.165) is 18.1 Å². The average molecular weight is 195 g/mol. The van der Waals surface area contributed by atoms with Crippen molar-refractivity contribution in [1.82, 2.24) is 5.43 Å². The first-order chi connectivity index (χ1) is 6.54. The van der Waals surface area contributed by atoms with Crippen LogP contribution in [0.4, 0.5) is 4.79 Å². The average Bonchev–Trinajstić information content (AvgIpc) is 2.52. The van der Waals surface area contributed by atoms with E-state index in [0.29, 0.717) is 5.92 Å². The van der Waals surface area contributed by atoms with Crippen molar-refractivity contribution < 1.29 is 4.79 Å². The second-order valence-corrected chi connectivity index (χ2v) is 4.74. The number of rotatable bonds is 1. The summed E-state index contributed by atoms with van der Waals surface area (Å²) in [7, 11) is 0. The highest BCUT2D eigenvalue weighted by molar-refractivity contribution is 5.94. The molecule has 2 saturated carbocycles. The summed E-state index contributed by atoms with van der Waals surface area (Å²) in [5.41, 5.74) is 8.66. The van der Waals surface area contributed by atoms with Crippen molar-refractivity contribution in [3.8, 4) is 0 Å². The van der Waals surface area contributed by atoms with E-state index in [2.05, 4.69) is 24.4 Å². The van der Waals surface area contributed by atoms with Gasteiger partial charge in [-0.25, -0.2) is 10.2 Å². The molecule has 2 aliphatic carbocycles. The van der Waals surface area contributed by atoms with Gasteiger partial charge in [0.15, 0.2) is 0 Å². The zero-order valence-electron chi connectivity index (χ0n) is 8.71. The highest BCUT2D eigenvalue weighted by atomic mass is 16.2. The van der Waals surface area contributed by atoms with Gasteiger partial charge in [0.25, 0.3) is 0 Å². The van der Waals surface area contributed by atoms with E-state index in [1.165, 1.54) is 12.8 Å². The van der Waals surface area contributed by atoms with Gasteiger partial charge in [0.1, 0.15) is 0 Å². The van der Waals surface area contributed by atoms with Crippen molar-refractivity contribution in [1.29, 1.82) is 0 Å². The van der Waals surface area contributed by atoms with Crippen LogP contribution in [0.15, 0.2) is 5.10 Å². The number of carbonyl (C=O) groups excluding carboxylic acids is 1. The number of hydrazone groups is 1. The minimum atomic E-state index is -0.573. The maximum Gasteiger partial charge on any atom is 0.332 e. The maximum absolute atomic E-state index is 10.6. The van der Waals surface area contributed by atoms with Gasteiger partial charge in [-0.15, -0.1) is 0 Å². The maximum atomic E-state index is 10.6. The molecule has 0 aromatic carbocycles. The summed E-state index contributed by atoms with van der Waals surface area (Å²) < 4.78 is 0. The summed E-state index contributed by atoms with van der Waals surface area (Å²) in [6.07, 6.45) is 3.52. The highest BCUT2D eigenvalue weighted by Gasteiger charge is 2.52. The zero-order chi connectivity index (χ0) is 10.3. The summed E-state index contributed by atoms with van der Waals surface area (Å²) in [4.78, 5) is 10.6. The van der Waals surface area contributed by atoms with E-state index in [1.807, 2.05) is 0 Å². The van der Waals surface area contributed by atoms with E-state index in [-0.39, 0.29) is 5.41 Å². The van der Waals surface area contributed by atoms with Crippen LogP contribution in [0.3, 0.4) is 0 Å². The van der Waals surface area contributed by atoms with Gasteiger partial charge in [0.2, 0.25) is 0 Å². The molecule has 0 unspecified atom stereocenters. The number of amides is 2. The predicted molar refractivity (Wildman–Crippen MR) is 54.8 cm³/mol. The Morgan fingerprint density at radius 3 is 2.86 bits per heavy atom. The number of nitrogens with one attached hydrogen (secondary N) is 1. The molecule has 3 atom stereocenters. The molecule has 2 rings (SSSR count). The molecule has 0 radical (unpaired) electrons. The van der Waals surface area contributed by atoms with Crippen LogP contribution in [-0.4, -0.2) is 11.7 Å². The van der Waals surface area contributed by atoms with Crippen molar-refractivity contribution in [3.63, 3.8) is 0 Å². The Labute approximate surface area is 83.9 Å². The molecule has 14 heavy (non-hydrogen) atoms. The smallest absolute Gasteiger partial charge is 0.332 e. The van der Waals surface area contributed by atoms with Gasteiger partial charge in [0, 0.05) is 11.1 Å². The van der Waals surface area contributed by atoms with E-state index in [9.17, 15) is 4.79 Å². The van der Waals surface area contributed by atoms with Crippen molar-refractivity contribution in [2.75, 3.05) is 0 Å². The van der Waals surface area contributed by atoms with Crippen LogP contribution in [0, 0.1) is 17.3 Å². The number of urea groups is 1. The summed E-state index contributed by atoms with van der Waals surface area (Å²) >= 11 is 0. The molecule has 2 fully saturated rings. The van der Waals surface area contributed by atoms with Gasteiger partial charge in [-0.3, -0.25) is 0 Å². The number of primary amides is 1. The summed E-state index contributed by atoms with van der Waals surface area (Å²) in [5, 5.41) is 4.12. The molecular formula is C10H17N3O. The summed E-state index contributed by atoms with van der Waals surface area (Å²) in [6.45, 7) is 4.52. The zero-order valence-corrected chi connectivity index (χ0v) is 8.71. The van der Waals surface area contributed by atoms with Crippen molar-refractivity contribution in [2.24, 2.45) is 28.1 Å². The van der Waals surface area contributed by atoms with Crippen molar-refractivity contribution in [3.05, 3.63) is 0 Å². The molecule has 0 heterocycles. The number of nitrogens with two attached hydrogens (primary N) is 1. The summed E-state index contributed by atoms with van der Waals surface area (Å²) in [6, 6.07) is -0.573. The monoisotopic (exact) mass is 195 g/mol. The molecule has 2 amide bonds. The Bertz CT molecular complexity index is 300. The van der Waals surface area contributed by atoms with Gasteiger partial charge in [-0.05, 0) is 31.1 Å². The Balaban J connectivity index is 2.17. The Kier molecular flexibility index (Phi) is 2.01. The van der Waals surface area contributed by atoms with Crippen LogP contribution in [0.5, 0.6) is 0 Å². The number of hydrogen-bond acceptors (Lipinski definition) is 2. The lowest BCUT2D eigenvalue weighted by Gasteiger charge is -2.25. The second-order valence-electron chi connectivity index (χ2n) is 4.74.